The van der Waals surface area contributed by atoms with Crippen LogP contribution < -0.4 is 11.2 Å². The lowest BCUT2D eigenvalue weighted by Gasteiger charge is -2.18. The lowest BCUT2D eigenvalue weighted by Crippen LogP contribution is -2.37. The van der Waals surface area contributed by atoms with Gasteiger partial charge in [0, 0.05) is 44.3 Å². The molecule has 1 saturated heterocycles. The Morgan fingerprint density at radius 2 is 1.61 bits per heavy atom. The zero-order valence-corrected chi connectivity index (χ0v) is 34.2. The number of fused-ring (bicyclic) bond motifs is 2. The number of aryl methyl sites for hydroxylation is 3. The molecule has 1 fully saturated rings. The fourth-order valence-corrected chi connectivity index (χ4v) is 8.38. The summed E-state index contributed by atoms with van der Waals surface area (Å²) in [6.45, 7) is 7.23. The molecule has 1 aliphatic rings. The Kier molecular flexibility index (Phi) is 13.6. The van der Waals surface area contributed by atoms with E-state index in [1.807, 2.05) is 36.4 Å². The number of H-pyrrole nitrogens is 1. The minimum Gasteiger partial charge on any atom is -0.481 e. The van der Waals surface area contributed by atoms with E-state index in [1.165, 1.54) is 53.8 Å². The van der Waals surface area contributed by atoms with Crippen LogP contribution in [0.25, 0.3) is 22.1 Å². The predicted octanol–water partition coefficient (Wildman–Crippen LogP) is 5.86. The predicted molar refractivity (Wildman–Crippen MR) is 222 cm³/mol. The zero-order valence-electron chi connectivity index (χ0n) is 33.4. The number of sulfone groups is 1. The second-order valence-electron chi connectivity index (χ2n) is 15.2. The van der Waals surface area contributed by atoms with Gasteiger partial charge in [0.15, 0.2) is 21.0 Å². The number of imidazole rings is 1. The quantitative estimate of drug-likeness (QED) is 0.175. The Bertz CT molecular complexity index is 2500. The molecule has 0 bridgehead atoms. The average Bonchev–Trinajstić information content (AvgIpc) is 3.91. The van der Waals surface area contributed by atoms with Crippen molar-refractivity contribution in [1.82, 2.24) is 28.6 Å². The summed E-state index contributed by atoms with van der Waals surface area (Å²) in [5, 5.41) is 10.1. The number of carboxylic acids is 1. The third-order valence-corrected chi connectivity index (χ3v) is 12.3. The number of benzene rings is 3. The standard InChI is InChI=1S/C22H26N2O2S.C13H18O2.C8H10N4O2/c1-24-12-5-6-19(24)15-18-16-23-22-10-9-17(14-21(18)22)11-13-27(25,26)20-7-3-2-4-8-20;1-9(2)8-11-4-6-12(7-5-11)10(3)13(14)15;1-10-4-9-6-5(10)7(13)12(3)8(14)11(6)2/h2-4,7-10,14,16,19,23H,5-6,11-13,15H2,1H3;4-7,9-10H,8H2,1-3H3,(H,14,15);4H,1-3H3/t19-;;/m1../s1. The summed E-state index contributed by atoms with van der Waals surface area (Å²) in [5.74, 6) is -0.425. The van der Waals surface area contributed by atoms with Gasteiger partial charge in [-0.3, -0.25) is 18.7 Å². The van der Waals surface area contributed by atoms with E-state index in [2.05, 4.69) is 54.1 Å². The van der Waals surface area contributed by atoms with Gasteiger partial charge in [-0.2, -0.15) is 0 Å². The molecule has 1 aliphatic heterocycles. The second kappa shape index (κ2) is 18.1. The van der Waals surface area contributed by atoms with Crippen molar-refractivity contribution in [2.45, 2.75) is 69.7 Å². The largest absolute Gasteiger partial charge is 0.481 e. The maximum absolute atomic E-state index is 12.5. The van der Waals surface area contributed by atoms with Crippen molar-refractivity contribution in [3.05, 3.63) is 128 Å². The Balaban J connectivity index is 0.000000176. The van der Waals surface area contributed by atoms with Crippen LogP contribution in [0.4, 0.5) is 0 Å². The number of aromatic nitrogens is 5. The van der Waals surface area contributed by atoms with E-state index in [4.69, 9.17) is 5.11 Å². The minimum atomic E-state index is -3.25. The van der Waals surface area contributed by atoms with Gasteiger partial charge in [-0.25, -0.2) is 18.2 Å². The highest BCUT2D eigenvalue weighted by molar-refractivity contribution is 7.91. The number of rotatable bonds is 10. The summed E-state index contributed by atoms with van der Waals surface area (Å²) in [7, 11) is 3.73. The van der Waals surface area contributed by atoms with Gasteiger partial charge in [0.2, 0.25) is 0 Å². The van der Waals surface area contributed by atoms with Crippen molar-refractivity contribution < 1.29 is 18.3 Å². The monoisotopic (exact) mass is 782 g/mol. The van der Waals surface area contributed by atoms with Crippen LogP contribution in [0.3, 0.4) is 0 Å². The molecule has 6 aromatic rings. The lowest BCUT2D eigenvalue weighted by atomic mass is 9.97. The van der Waals surface area contributed by atoms with E-state index >= 15 is 0 Å². The molecule has 298 valence electrons. The molecule has 0 spiro atoms. The molecule has 13 heteroatoms. The van der Waals surface area contributed by atoms with Crippen LogP contribution in [0.15, 0.2) is 99.8 Å². The summed E-state index contributed by atoms with van der Waals surface area (Å²) in [6, 6.07) is 23.4. The highest BCUT2D eigenvalue weighted by Crippen LogP contribution is 2.26. The molecule has 7 rings (SSSR count). The number of carboxylic acid groups (broad SMARTS) is 1. The van der Waals surface area contributed by atoms with Crippen LogP contribution in [0.2, 0.25) is 0 Å². The highest BCUT2D eigenvalue weighted by Gasteiger charge is 2.22. The number of aromatic amines is 1. The van der Waals surface area contributed by atoms with Gasteiger partial charge in [-0.05, 0) is 105 Å². The molecule has 2 N–H and O–H groups in total. The van der Waals surface area contributed by atoms with Crippen molar-refractivity contribution in [2.24, 2.45) is 27.1 Å². The van der Waals surface area contributed by atoms with Gasteiger partial charge in [0.25, 0.3) is 5.56 Å². The van der Waals surface area contributed by atoms with Gasteiger partial charge in [-0.15, -0.1) is 0 Å². The van der Waals surface area contributed by atoms with E-state index in [-0.39, 0.29) is 17.0 Å². The number of nitrogens with zero attached hydrogens (tertiary/aromatic N) is 5. The smallest absolute Gasteiger partial charge is 0.332 e. The van der Waals surface area contributed by atoms with Gasteiger partial charge in [-0.1, -0.05) is 62.4 Å². The number of hydrogen-bond acceptors (Lipinski definition) is 7. The molecule has 0 aliphatic carbocycles. The van der Waals surface area contributed by atoms with Gasteiger partial charge >= 0.3 is 11.7 Å². The first-order chi connectivity index (χ1) is 26.6. The Labute approximate surface area is 328 Å². The van der Waals surface area contributed by atoms with E-state index in [1.54, 1.807) is 49.9 Å². The van der Waals surface area contributed by atoms with Gasteiger partial charge in [0.05, 0.1) is 22.9 Å². The molecular formula is C43H54N6O6S. The Hall–Kier alpha value is -5.27. The number of likely N-dealkylation sites (tertiary alicyclic amines) is 1. The molecule has 0 radical (unpaired) electrons. The zero-order chi connectivity index (χ0) is 40.7. The van der Waals surface area contributed by atoms with Crippen molar-refractivity contribution in [3.8, 4) is 0 Å². The molecule has 1 unspecified atom stereocenters. The molecule has 0 saturated carbocycles. The first-order valence-corrected chi connectivity index (χ1v) is 20.7. The SMILES string of the molecule is CC(C)Cc1ccc(C(C)C(=O)O)cc1.CN1CCC[C@@H]1Cc1c[nH]c2ccc(CCS(=O)(=O)c3ccccc3)cc12.Cn1c(=O)c2c(ncn2C)n(C)c1=O. The molecule has 56 heavy (non-hydrogen) atoms. The van der Waals surface area contributed by atoms with Crippen LogP contribution in [0.5, 0.6) is 0 Å². The van der Waals surface area contributed by atoms with Crippen molar-refractivity contribution >= 4 is 37.9 Å². The third-order valence-electron chi connectivity index (χ3n) is 10.5. The lowest BCUT2D eigenvalue weighted by molar-refractivity contribution is -0.138. The van der Waals surface area contributed by atoms with E-state index in [0.29, 0.717) is 34.4 Å². The number of carbonyl (C=O) groups is 1. The van der Waals surface area contributed by atoms with E-state index in [0.717, 1.165) is 34.1 Å². The summed E-state index contributed by atoms with van der Waals surface area (Å²) >= 11 is 0. The fourth-order valence-electron chi connectivity index (χ4n) is 7.07. The molecule has 4 heterocycles. The summed E-state index contributed by atoms with van der Waals surface area (Å²) < 4.78 is 29.1. The average molecular weight is 783 g/mol. The second-order valence-corrected chi connectivity index (χ2v) is 17.3. The molecule has 2 atom stereocenters. The van der Waals surface area contributed by atoms with E-state index < -0.39 is 21.7 Å². The fraction of sp³-hybridized carbons (Fsp3) is 0.395. The summed E-state index contributed by atoms with van der Waals surface area (Å²) in [5.41, 5.74) is 5.85. The number of hydrogen-bond donors (Lipinski definition) is 2. The first-order valence-electron chi connectivity index (χ1n) is 19.0. The number of aliphatic carboxylic acids is 1. The van der Waals surface area contributed by atoms with Crippen molar-refractivity contribution in [3.63, 3.8) is 0 Å². The Morgan fingerprint density at radius 1 is 0.929 bits per heavy atom. The Morgan fingerprint density at radius 3 is 2.23 bits per heavy atom. The minimum absolute atomic E-state index is 0.133. The molecule has 12 nitrogen and oxygen atoms in total. The van der Waals surface area contributed by atoms with Crippen LogP contribution in [-0.4, -0.2) is 73.4 Å². The maximum Gasteiger partial charge on any atom is 0.332 e. The maximum atomic E-state index is 12.5. The number of nitrogens with one attached hydrogen (secondary N) is 1. The van der Waals surface area contributed by atoms with Crippen LogP contribution >= 0.6 is 0 Å². The molecular weight excluding hydrogens is 729 g/mol. The summed E-state index contributed by atoms with van der Waals surface area (Å²) in [6.07, 6.45) is 8.77. The van der Waals surface area contributed by atoms with Crippen molar-refractivity contribution in [2.75, 3.05) is 19.3 Å². The summed E-state index contributed by atoms with van der Waals surface area (Å²) in [4.78, 5) is 44.1. The van der Waals surface area contributed by atoms with Crippen molar-refractivity contribution in [1.29, 1.82) is 0 Å². The molecule has 3 aromatic heterocycles. The van der Waals surface area contributed by atoms with Crippen LogP contribution in [0, 0.1) is 5.92 Å². The van der Waals surface area contributed by atoms with E-state index in [9.17, 15) is 22.8 Å². The molecule has 3 aromatic carbocycles. The van der Waals surface area contributed by atoms with Gasteiger partial charge < -0.3 is 19.6 Å². The molecule has 0 amide bonds. The first kappa shape index (κ1) is 41.9. The highest BCUT2D eigenvalue weighted by atomic mass is 32.2. The normalized spacial score (nSPS) is 15.0. The number of likely N-dealkylation sites (N-methyl/N-ethyl adjacent to an activating group) is 1. The topological polar surface area (TPSA) is 152 Å². The van der Waals surface area contributed by atoms with Gasteiger partial charge in [0.1, 0.15) is 0 Å². The third kappa shape index (κ3) is 9.93. The van der Waals surface area contributed by atoms with Crippen LogP contribution in [0.1, 0.15) is 61.8 Å². The van der Waals surface area contributed by atoms with Crippen LogP contribution in [-0.2, 0) is 55.0 Å².